The van der Waals surface area contributed by atoms with Crippen LogP contribution in [-0.4, -0.2) is 50.3 Å². The molecule has 8 nitrogen and oxygen atoms in total. The number of ketones is 1. The van der Waals surface area contributed by atoms with Gasteiger partial charge in [0.1, 0.15) is 6.61 Å². The van der Waals surface area contributed by atoms with Gasteiger partial charge in [0.25, 0.3) is 5.88 Å². The number of nitrogens with zero attached hydrogens (tertiary/aromatic N) is 1. The number of alkyl carbamates (subject to hydrolysis) is 1. The number of methoxy groups -OCH3 is 2. The van der Waals surface area contributed by atoms with Crippen molar-refractivity contribution in [1.82, 2.24) is 10.3 Å². The highest BCUT2D eigenvalue weighted by Gasteiger charge is 2.27. The molecule has 0 bridgehead atoms. The summed E-state index contributed by atoms with van der Waals surface area (Å²) < 4.78 is 21.2. The fourth-order valence-corrected chi connectivity index (χ4v) is 2.82. The lowest BCUT2D eigenvalue weighted by Crippen LogP contribution is -2.44. The summed E-state index contributed by atoms with van der Waals surface area (Å²) in [4.78, 5) is 29.5. The molecule has 1 N–H and O–H groups in total. The Hall–Kier alpha value is -3.13. The first kappa shape index (κ1) is 24.1. The Morgan fingerprint density at radius 3 is 2.48 bits per heavy atom. The molecular formula is C23H30N2O6. The maximum absolute atomic E-state index is 13.1. The smallest absolute Gasteiger partial charge is 0.408 e. The van der Waals surface area contributed by atoms with Crippen molar-refractivity contribution >= 4 is 11.9 Å². The zero-order chi connectivity index (χ0) is 22.6. The van der Waals surface area contributed by atoms with Gasteiger partial charge in [0, 0.05) is 31.9 Å². The van der Waals surface area contributed by atoms with Crippen LogP contribution in [0.5, 0.6) is 11.6 Å². The molecule has 31 heavy (non-hydrogen) atoms. The Morgan fingerprint density at radius 1 is 1.10 bits per heavy atom. The van der Waals surface area contributed by atoms with Crippen LogP contribution in [-0.2, 0) is 16.1 Å². The van der Waals surface area contributed by atoms with Crippen molar-refractivity contribution in [3.63, 3.8) is 0 Å². The van der Waals surface area contributed by atoms with Gasteiger partial charge in [-0.15, -0.1) is 0 Å². The third-order valence-corrected chi connectivity index (χ3v) is 4.48. The van der Waals surface area contributed by atoms with Gasteiger partial charge in [-0.05, 0) is 17.5 Å². The summed E-state index contributed by atoms with van der Waals surface area (Å²) in [7, 11) is 3.10. The van der Waals surface area contributed by atoms with Gasteiger partial charge >= 0.3 is 6.09 Å². The van der Waals surface area contributed by atoms with E-state index in [1.165, 1.54) is 13.3 Å². The summed E-state index contributed by atoms with van der Waals surface area (Å²) in [5.74, 6) is 0.192. The Bertz CT molecular complexity index is 841. The summed E-state index contributed by atoms with van der Waals surface area (Å²) in [6.07, 6.45) is 1.44. The summed E-state index contributed by atoms with van der Waals surface area (Å²) in [5, 5.41) is 2.67. The van der Waals surface area contributed by atoms with Gasteiger partial charge in [0.15, 0.2) is 11.5 Å². The lowest BCUT2D eigenvalue weighted by atomic mass is 9.96. The number of hydrogen-bond acceptors (Lipinski definition) is 7. The standard InChI is InChI=1S/C23H30N2O6/c1-16(2)20(25-23(27)31-15-17-9-6-5-7-10-17)21(26)18-13-19(22(29-4)24-14-18)30-12-8-11-28-3/h5-7,9-10,13-14,16,20H,8,11-12,15H2,1-4H3,(H,25,27)/t20-/m1/s1. The number of rotatable bonds is 12. The van der Waals surface area contributed by atoms with E-state index in [9.17, 15) is 9.59 Å². The molecule has 0 saturated carbocycles. The fraction of sp³-hybridized carbons (Fsp3) is 0.435. The van der Waals surface area contributed by atoms with E-state index in [1.807, 2.05) is 44.2 Å². The number of hydrogen-bond donors (Lipinski definition) is 1. The topological polar surface area (TPSA) is 96.0 Å². The summed E-state index contributed by atoms with van der Waals surface area (Å²) in [6.45, 7) is 4.76. The van der Waals surface area contributed by atoms with E-state index in [4.69, 9.17) is 18.9 Å². The molecule has 8 heteroatoms. The molecular weight excluding hydrogens is 400 g/mol. The predicted molar refractivity (Wildman–Crippen MR) is 115 cm³/mol. The van der Waals surface area contributed by atoms with Crippen LogP contribution in [0.25, 0.3) is 0 Å². The number of pyridine rings is 1. The number of amides is 1. The van der Waals surface area contributed by atoms with Gasteiger partial charge in [0.2, 0.25) is 0 Å². The monoisotopic (exact) mass is 430 g/mol. The normalized spacial score (nSPS) is 11.6. The molecule has 168 valence electrons. The first-order valence-electron chi connectivity index (χ1n) is 10.1. The van der Waals surface area contributed by atoms with Crippen LogP contribution < -0.4 is 14.8 Å². The van der Waals surface area contributed by atoms with E-state index in [0.717, 1.165) is 5.56 Å². The maximum Gasteiger partial charge on any atom is 0.408 e. The van der Waals surface area contributed by atoms with Gasteiger partial charge < -0.3 is 24.3 Å². The van der Waals surface area contributed by atoms with Crippen molar-refractivity contribution in [1.29, 1.82) is 0 Å². The molecule has 0 fully saturated rings. The minimum Gasteiger partial charge on any atom is -0.488 e. The average Bonchev–Trinajstić information content (AvgIpc) is 2.78. The highest BCUT2D eigenvalue weighted by Crippen LogP contribution is 2.26. The molecule has 2 rings (SSSR count). The van der Waals surface area contributed by atoms with Crippen molar-refractivity contribution in [3.8, 4) is 11.6 Å². The minimum atomic E-state index is -0.778. The first-order chi connectivity index (χ1) is 15.0. The third-order valence-electron chi connectivity index (χ3n) is 4.48. The molecule has 0 unspecified atom stereocenters. The second-order valence-corrected chi connectivity index (χ2v) is 7.22. The molecule has 1 aromatic heterocycles. The molecule has 0 radical (unpaired) electrons. The molecule has 1 amide bonds. The zero-order valence-electron chi connectivity index (χ0n) is 18.4. The first-order valence-corrected chi connectivity index (χ1v) is 10.1. The fourth-order valence-electron chi connectivity index (χ4n) is 2.82. The van der Waals surface area contributed by atoms with Crippen LogP contribution in [0.15, 0.2) is 42.6 Å². The third kappa shape index (κ3) is 7.57. The Labute approximate surface area is 182 Å². The molecule has 0 aliphatic heterocycles. The molecule has 1 aromatic carbocycles. The minimum absolute atomic E-state index is 0.120. The van der Waals surface area contributed by atoms with E-state index in [1.54, 1.807) is 13.2 Å². The highest BCUT2D eigenvalue weighted by molar-refractivity contribution is 6.01. The number of nitrogens with one attached hydrogen (secondary N) is 1. The largest absolute Gasteiger partial charge is 0.488 e. The van der Waals surface area contributed by atoms with Gasteiger partial charge in [0.05, 0.1) is 19.8 Å². The predicted octanol–water partition coefficient (Wildman–Crippen LogP) is 3.64. The van der Waals surface area contributed by atoms with Crippen molar-refractivity contribution < 1.29 is 28.5 Å². The molecule has 1 heterocycles. The lowest BCUT2D eigenvalue weighted by molar-refractivity contribution is 0.0885. The van der Waals surface area contributed by atoms with Gasteiger partial charge in [-0.25, -0.2) is 9.78 Å². The molecule has 0 saturated heterocycles. The SMILES string of the molecule is COCCCOc1cc(C(=O)[C@H](NC(=O)OCc2ccccc2)C(C)C)cnc1OC. The Kier molecular flexibility index (Phi) is 9.77. The van der Waals surface area contributed by atoms with Gasteiger partial charge in [-0.1, -0.05) is 44.2 Å². The van der Waals surface area contributed by atoms with Crippen molar-refractivity contribution in [2.45, 2.75) is 32.9 Å². The number of aromatic nitrogens is 1. The molecule has 0 aliphatic carbocycles. The van der Waals surface area contributed by atoms with Crippen LogP contribution in [0.3, 0.4) is 0 Å². The molecule has 0 spiro atoms. The van der Waals surface area contributed by atoms with Crippen LogP contribution >= 0.6 is 0 Å². The van der Waals surface area contributed by atoms with Crippen LogP contribution in [0.2, 0.25) is 0 Å². The number of carbonyl (C=O) groups is 2. The van der Waals surface area contributed by atoms with Crippen molar-refractivity contribution in [3.05, 3.63) is 53.7 Å². The summed E-state index contributed by atoms with van der Waals surface area (Å²) >= 11 is 0. The van der Waals surface area contributed by atoms with E-state index in [0.29, 0.717) is 30.9 Å². The van der Waals surface area contributed by atoms with E-state index in [-0.39, 0.29) is 24.2 Å². The van der Waals surface area contributed by atoms with Crippen LogP contribution in [0.4, 0.5) is 4.79 Å². The summed E-state index contributed by atoms with van der Waals surface area (Å²) in [6, 6.07) is 10.1. The van der Waals surface area contributed by atoms with E-state index < -0.39 is 12.1 Å². The second-order valence-electron chi connectivity index (χ2n) is 7.22. The molecule has 1 atom stereocenters. The Morgan fingerprint density at radius 2 is 1.84 bits per heavy atom. The number of ether oxygens (including phenoxy) is 4. The van der Waals surface area contributed by atoms with E-state index in [2.05, 4.69) is 10.3 Å². The second kappa shape index (κ2) is 12.5. The van der Waals surface area contributed by atoms with Crippen molar-refractivity contribution in [2.24, 2.45) is 5.92 Å². The Balaban J connectivity index is 2.06. The molecule has 2 aromatic rings. The van der Waals surface area contributed by atoms with Crippen LogP contribution in [0, 0.1) is 5.92 Å². The van der Waals surface area contributed by atoms with Gasteiger partial charge in [-0.2, -0.15) is 0 Å². The number of Topliss-reactive ketones (excluding diaryl/α,β-unsaturated/α-hetero) is 1. The zero-order valence-corrected chi connectivity index (χ0v) is 18.4. The van der Waals surface area contributed by atoms with Crippen LogP contribution in [0.1, 0.15) is 36.2 Å². The average molecular weight is 431 g/mol. The summed E-state index contributed by atoms with van der Waals surface area (Å²) in [5.41, 5.74) is 1.17. The molecule has 0 aliphatic rings. The maximum atomic E-state index is 13.1. The quantitative estimate of drug-likeness (QED) is 0.406. The van der Waals surface area contributed by atoms with Crippen molar-refractivity contribution in [2.75, 3.05) is 27.4 Å². The lowest BCUT2D eigenvalue weighted by Gasteiger charge is -2.21. The number of benzene rings is 1. The number of carbonyl (C=O) groups excluding carboxylic acids is 2. The highest BCUT2D eigenvalue weighted by atomic mass is 16.5. The van der Waals surface area contributed by atoms with Gasteiger partial charge in [-0.3, -0.25) is 4.79 Å². The van der Waals surface area contributed by atoms with E-state index >= 15 is 0 Å².